The van der Waals surface area contributed by atoms with E-state index in [4.69, 9.17) is 0 Å². The summed E-state index contributed by atoms with van der Waals surface area (Å²) in [6.07, 6.45) is 4.76. The quantitative estimate of drug-likeness (QED) is 0.771. The number of aromatic nitrogens is 1. The molecule has 1 unspecified atom stereocenters. The van der Waals surface area contributed by atoms with Crippen LogP contribution in [0.3, 0.4) is 0 Å². The van der Waals surface area contributed by atoms with Gasteiger partial charge >= 0.3 is 6.03 Å². The summed E-state index contributed by atoms with van der Waals surface area (Å²) in [6, 6.07) is 10.3. The van der Waals surface area contributed by atoms with Crippen molar-refractivity contribution in [3.63, 3.8) is 0 Å². The fraction of sp³-hybridized carbons (Fsp3) is 0.500. The molecule has 0 spiro atoms. The van der Waals surface area contributed by atoms with Gasteiger partial charge in [0.1, 0.15) is 0 Å². The third-order valence-corrected chi connectivity index (χ3v) is 4.51. The van der Waals surface area contributed by atoms with E-state index < -0.39 is 0 Å². The average molecular weight is 315 g/mol. The number of amides is 2. The molecule has 1 aromatic heterocycles. The number of hydrogen-bond acceptors (Lipinski definition) is 2. The Morgan fingerprint density at radius 2 is 2.17 bits per heavy atom. The minimum Gasteiger partial charge on any atom is -0.391 e. The summed E-state index contributed by atoms with van der Waals surface area (Å²) in [4.78, 5) is 13.6. The maximum absolute atomic E-state index is 12.0. The van der Waals surface area contributed by atoms with Crippen LogP contribution in [0.4, 0.5) is 4.79 Å². The van der Waals surface area contributed by atoms with Crippen LogP contribution < -0.4 is 5.32 Å². The summed E-state index contributed by atoms with van der Waals surface area (Å²) in [7, 11) is 1.74. The minimum absolute atomic E-state index is 0.109. The number of likely N-dealkylation sites (N-methyl/N-ethyl adjacent to an activating group) is 1. The maximum atomic E-state index is 12.0. The monoisotopic (exact) mass is 315 g/mol. The molecule has 0 saturated heterocycles. The molecular formula is C18H25N3O2. The van der Waals surface area contributed by atoms with E-state index in [-0.39, 0.29) is 12.1 Å². The zero-order valence-corrected chi connectivity index (χ0v) is 13.6. The first kappa shape index (κ1) is 15.9. The molecule has 2 amide bonds. The van der Waals surface area contributed by atoms with Gasteiger partial charge in [-0.3, -0.25) is 0 Å². The van der Waals surface area contributed by atoms with Crippen molar-refractivity contribution in [1.29, 1.82) is 0 Å². The van der Waals surface area contributed by atoms with E-state index in [0.717, 1.165) is 25.8 Å². The molecule has 0 radical (unpaired) electrons. The van der Waals surface area contributed by atoms with Gasteiger partial charge in [-0.1, -0.05) is 18.2 Å². The van der Waals surface area contributed by atoms with Gasteiger partial charge < -0.3 is 19.9 Å². The maximum Gasteiger partial charge on any atom is 0.317 e. The smallest absolute Gasteiger partial charge is 0.317 e. The van der Waals surface area contributed by atoms with Gasteiger partial charge in [-0.25, -0.2) is 4.79 Å². The first-order valence-electron chi connectivity index (χ1n) is 8.36. The SMILES string of the molecule is CN(CC(O)C1CC1)C(=O)NCCCn1ccc2ccccc21. The van der Waals surface area contributed by atoms with Gasteiger partial charge in [0.05, 0.1) is 6.10 Å². The predicted molar refractivity (Wildman–Crippen MR) is 91.3 cm³/mol. The lowest BCUT2D eigenvalue weighted by atomic mass is 10.2. The van der Waals surface area contributed by atoms with Crippen LogP contribution in [-0.4, -0.2) is 46.8 Å². The van der Waals surface area contributed by atoms with E-state index in [2.05, 4.69) is 34.3 Å². The molecule has 3 rings (SSSR count). The fourth-order valence-electron chi connectivity index (χ4n) is 2.91. The lowest BCUT2D eigenvalue weighted by Gasteiger charge is -2.21. The molecule has 1 heterocycles. The van der Waals surface area contributed by atoms with E-state index in [1.165, 1.54) is 10.9 Å². The van der Waals surface area contributed by atoms with Gasteiger partial charge in [-0.2, -0.15) is 0 Å². The number of fused-ring (bicyclic) bond motifs is 1. The Labute approximate surface area is 136 Å². The number of rotatable bonds is 7. The highest BCUT2D eigenvalue weighted by molar-refractivity contribution is 5.79. The van der Waals surface area contributed by atoms with E-state index in [0.29, 0.717) is 19.0 Å². The third kappa shape index (κ3) is 4.05. The lowest BCUT2D eigenvalue weighted by molar-refractivity contribution is 0.113. The van der Waals surface area contributed by atoms with Gasteiger partial charge in [0.25, 0.3) is 0 Å². The van der Waals surface area contributed by atoms with E-state index in [9.17, 15) is 9.90 Å². The molecule has 2 N–H and O–H groups in total. The van der Waals surface area contributed by atoms with E-state index in [1.807, 2.05) is 12.1 Å². The van der Waals surface area contributed by atoms with Crippen LogP contribution in [0.15, 0.2) is 36.5 Å². The zero-order valence-electron chi connectivity index (χ0n) is 13.6. The van der Waals surface area contributed by atoms with Gasteiger partial charge in [-0.05, 0) is 42.7 Å². The number of aryl methyl sites for hydroxylation is 1. The second-order valence-electron chi connectivity index (χ2n) is 6.44. The Balaban J connectivity index is 1.39. The Morgan fingerprint density at radius 3 is 2.96 bits per heavy atom. The summed E-state index contributed by atoms with van der Waals surface area (Å²) >= 11 is 0. The first-order valence-corrected chi connectivity index (χ1v) is 8.36. The molecule has 1 fully saturated rings. The molecule has 1 saturated carbocycles. The minimum atomic E-state index is -0.378. The lowest BCUT2D eigenvalue weighted by Crippen LogP contribution is -2.42. The normalized spacial score (nSPS) is 15.6. The topological polar surface area (TPSA) is 57.5 Å². The Kier molecular flexibility index (Phi) is 4.86. The molecule has 1 aliphatic carbocycles. The summed E-state index contributed by atoms with van der Waals surface area (Å²) in [6.45, 7) is 1.93. The number of benzene rings is 1. The van der Waals surface area contributed by atoms with Crippen LogP contribution >= 0.6 is 0 Å². The Bertz CT molecular complexity index is 663. The zero-order chi connectivity index (χ0) is 16.2. The molecule has 0 bridgehead atoms. The molecule has 1 aliphatic rings. The number of carbonyl (C=O) groups excluding carboxylic acids is 1. The standard InChI is InChI=1S/C18H25N3O2/c1-20(13-17(22)15-7-8-15)18(23)19-10-4-11-21-12-9-14-5-2-3-6-16(14)21/h2-3,5-6,9,12,15,17,22H,4,7-8,10-11,13H2,1H3,(H,19,23). The molecular weight excluding hydrogens is 290 g/mol. The fourth-order valence-corrected chi connectivity index (χ4v) is 2.91. The van der Waals surface area contributed by atoms with Crippen molar-refractivity contribution in [2.45, 2.75) is 31.9 Å². The van der Waals surface area contributed by atoms with Gasteiger partial charge in [0.15, 0.2) is 0 Å². The first-order chi connectivity index (χ1) is 11.1. The number of nitrogens with one attached hydrogen (secondary N) is 1. The number of para-hydroxylation sites is 1. The molecule has 5 heteroatoms. The van der Waals surface area contributed by atoms with E-state index in [1.54, 1.807) is 11.9 Å². The number of hydrogen-bond donors (Lipinski definition) is 2. The summed E-state index contributed by atoms with van der Waals surface area (Å²) in [5.41, 5.74) is 1.23. The average Bonchev–Trinajstić information content (AvgIpc) is 3.33. The molecule has 0 aliphatic heterocycles. The van der Waals surface area contributed by atoms with Crippen molar-refractivity contribution >= 4 is 16.9 Å². The van der Waals surface area contributed by atoms with Crippen LogP contribution in [0.5, 0.6) is 0 Å². The van der Waals surface area contributed by atoms with Crippen LogP contribution in [0.2, 0.25) is 0 Å². The van der Waals surface area contributed by atoms with Crippen LogP contribution in [0.25, 0.3) is 10.9 Å². The summed E-state index contributed by atoms with van der Waals surface area (Å²) in [5, 5.41) is 14.0. The predicted octanol–water partition coefficient (Wildman–Crippen LogP) is 2.44. The number of nitrogens with zero attached hydrogens (tertiary/aromatic N) is 2. The van der Waals surface area contributed by atoms with Crippen molar-refractivity contribution < 1.29 is 9.90 Å². The van der Waals surface area contributed by atoms with Crippen LogP contribution in [-0.2, 0) is 6.54 Å². The number of urea groups is 1. The van der Waals surface area contributed by atoms with Crippen LogP contribution in [0.1, 0.15) is 19.3 Å². The number of aliphatic hydroxyl groups is 1. The van der Waals surface area contributed by atoms with Crippen molar-refractivity contribution in [1.82, 2.24) is 14.8 Å². The Hall–Kier alpha value is -2.01. The molecule has 5 nitrogen and oxygen atoms in total. The highest BCUT2D eigenvalue weighted by Gasteiger charge is 2.31. The van der Waals surface area contributed by atoms with Crippen molar-refractivity contribution in [3.05, 3.63) is 36.5 Å². The highest BCUT2D eigenvalue weighted by atomic mass is 16.3. The molecule has 1 aromatic carbocycles. The largest absolute Gasteiger partial charge is 0.391 e. The van der Waals surface area contributed by atoms with Gasteiger partial charge in [0.2, 0.25) is 0 Å². The van der Waals surface area contributed by atoms with Crippen LogP contribution in [0, 0.1) is 5.92 Å². The molecule has 23 heavy (non-hydrogen) atoms. The summed E-state index contributed by atoms with van der Waals surface area (Å²) in [5.74, 6) is 0.396. The third-order valence-electron chi connectivity index (χ3n) is 4.51. The van der Waals surface area contributed by atoms with Crippen molar-refractivity contribution in [3.8, 4) is 0 Å². The van der Waals surface area contributed by atoms with Crippen molar-refractivity contribution in [2.24, 2.45) is 5.92 Å². The highest BCUT2D eigenvalue weighted by Crippen LogP contribution is 2.32. The second-order valence-corrected chi connectivity index (χ2v) is 6.44. The second kappa shape index (κ2) is 7.04. The number of carbonyl (C=O) groups is 1. The summed E-state index contributed by atoms with van der Waals surface area (Å²) < 4.78 is 2.21. The van der Waals surface area contributed by atoms with Gasteiger partial charge in [0, 0.05) is 38.4 Å². The molecule has 2 aromatic rings. The molecule has 124 valence electrons. The van der Waals surface area contributed by atoms with Gasteiger partial charge in [-0.15, -0.1) is 0 Å². The Morgan fingerprint density at radius 1 is 1.39 bits per heavy atom. The van der Waals surface area contributed by atoms with E-state index >= 15 is 0 Å². The number of aliphatic hydroxyl groups excluding tert-OH is 1. The van der Waals surface area contributed by atoms with Crippen molar-refractivity contribution in [2.75, 3.05) is 20.1 Å². The molecule has 1 atom stereocenters.